The third-order valence-electron chi connectivity index (χ3n) is 6.08. The molecule has 1 aliphatic heterocycles. The Morgan fingerprint density at radius 2 is 1.20 bits per heavy atom. The molecule has 0 saturated carbocycles. The number of halogens is 3. The molecule has 3 rings (SSSR count). The summed E-state index contributed by atoms with van der Waals surface area (Å²) in [6, 6.07) is 11.6. The van der Waals surface area contributed by atoms with Crippen LogP contribution in [0.4, 0.5) is 4.79 Å². The Kier molecular flexibility index (Phi) is 50.8. The van der Waals surface area contributed by atoms with Crippen molar-refractivity contribution in [2.75, 3.05) is 21.3 Å². The topological polar surface area (TPSA) is 138 Å². The van der Waals surface area contributed by atoms with Gasteiger partial charge in [-0.3, -0.25) is 9.59 Å². The molecule has 1 aliphatic rings. The van der Waals surface area contributed by atoms with E-state index in [0.29, 0.717) is 11.3 Å². The van der Waals surface area contributed by atoms with E-state index in [2.05, 4.69) is 84.4 Å². The number of nitrogens with two attached hydrogens (primary N) is 1. The van der Waals surface area contributed by atoms with Crippen LogP contribution >= 0.6 is 59.9 Å². The molecule has 1 heterocycles. The number of aldehydes is 1. The summed E-state index contributed by atoms with van der Waals surface area (Å²) in [5, 5.41) is 6.38. The number of carbonyl (C=O) groups excluding carboxylic acids is 2. The van der Waals surface area contributed by atoms with Crippen LogP contribution in [0.5, 0.6) is 17.2 Å². The normalized spacial score (nSPS) is 14.1. The average molecular weight is 1230 g/mol. The van der Waals surface area contributed by atoms with Gasteiger partial charge in [-0.2, -0.15) is 35.1 Å². The van der Waals surface area contributed by atoms with Crippen LogP contribution in [0.1, 0.15) is 105 Å². The number of nitrogens with zero attached hydrogens (tertiary/aromatic N) is 1. The Morgan fingerprint density at radius 1 is 0.840 bits per heavy atom. The van der Waals surface area contributed by atoms with Gasteiger partial charge in [0.15, 0.2) is 12.3 Å². The largest absolute Gasteiger partial charge is 0 e. The van der Waals surface area contributed by atoms with Gasteiger partial charge in [0.1, 0.15) is 11.5 Å². The summed E-state index contributed by atoms with van der Waals surface area (Å²) in [6.45, 7) is 23.7. The molecule has 4 atom stereocenters. The third-order valence-corrected chi connectivity index (χ3v) is 6.08. The molecule has 2 aromatic carbocycles. The molecule has 0 bridgehead atoms. The molecule has 9 nitrogen and oxygen atoms in total. The van der Waals surface area contributed by atoms with Crippen LogP contribution in [-0.4, -0.2) is 57.8 Å². The van der Waals surface area contributed by atoms with E-state index in [-0.39, 0.29) is 101 Å². The van der Waals surface area contributed by atoms with Crippen LogP contribution in [0.3, 0.4) is 0 Å². The maximum atomic E-state index is 10.6. The van der Waals surface area contributed by atoms with Crippen LogP contribution in [0.25, 0.3) is 11.1 Å². The maximum Gasteiger partial charge on any atom is 0 e. The van der Waals surface area contributed by atoms with Crippen LogP contribution in [0.2, 0.25) is 0 Å². The van der Waals surface area contributed by atoms with Crippen molar-refractivity contribution in [2.45, 2.75) is 107 Å². The molecular formula is C35H60I3N4O5VY2-4. The molecule has 0 spiro atoms. The molecule has 1 saturated heterocycles. The number of rotatable bonds is 7. The minimum Gasteiger partial charge on any atom is 0 e. The van der Waals surface area contributed by atoms with Crippen molar-refractivity contribution in [1.82, 2.24) is 5.32 Å². The van der Waals surface area contributed by atoms with Gasteiger partial charge in [0.2, 0.25) is 0 Å². The van der Waals surface area contributed by atoms with Crippen LogP contribution in [-0.2, 0) is 70.3 Å². The smallest absolute Gasteiger partial charge is 0 e. The van der Waals surface area contributed by atoms with Crippen LogP contribution < -0.4 is 25.3 Å². The Balaban J connectivity index is -0.000000123. The summed E-state index contributed by atoms with van der Waals surface area (Å²) in [5.41, 5.74) is 15.0. The Bertz CT molecular complexity index is 1090. The minimum atomic E-state index is -0.278. The Labute approximate surface area is 393 Å². The van der Waals surface area contributed by atoms with Crippen molar-refractivity contribution in [3.8, 4) is 17.2 Å². The molecule has 2 amide bonds. The molecule has 4 unspecified atom stereocenters. The van der Waals surface area contributed by atoms with E-state index in [9.17, 15) is 9.59 Å². The molecule has 2 radical (unpaired) electrons. The van der Waals surface area contributed by atoms with Crippen molar-refractivity contribution in [3.05, 3.63) is 76.0 Å². The first-order chi connectivity index (χ1) is 22.4. The predicted molar refractivity (Wildman–Crippen MR) is 228 cm³/mol. The molecule has 2 aromatic rings. The van der Waals surface area contributed by atoms with Gasteiger partial charge >= 0.3 is 64.9 Å². The molecule has 1 fully saturated rings. The fraction of sp³-hybridized carbons (Fsp3) is 0.543. The van der Waals surface area contributed by atoms with Gasteiger partial charge in [-0.25, -0.2) is 0 Å². The van der Waals surface area contributed by atoms with E-state index in [1.54, 1.807) is 34.3 Å². The first-order valence-corrected chi connectivity index (χ1v) is 29.2. The van der Waals surface area contributed by atoms with E-state index < -0.39 is 0 Å². The minimum absolute atomic E-state index is 0. The molecule has 0 aliphatic carbocycles. The van der Waals surface area contributed by atoms with E-state index in [1.165, 1.54) is 17.4 Å². The van der Waals surface area contributed by atoms with Crippen LogP contribution in [0.15, 0.2) is 36.4 Å². The molecule has 15 heteroatoms. The monoisotopic (exact) mass is 1230 g/mol. The van der Waals surface area contributed by atoms with Crippen molar-refractivity contribution in [2.24, 2.45) is 5.73 Å². The first kappa shape index (κ1) is 63.4. The predicted octanol–water partition coefficient (Wildman–Crippen LogP) is 11.5. The fourth-order valence-corrected chi connectivity index (χ4v) is 2.92. The summed E-state index contributed by atoms with van der Waals surface area (Å²) in [4.78, 5) is 20.7. The SMILES string of the molecule is CC.CC.CC([NH-])C(C)N.CC1[N-]C(=O)NC1C.COc1cc([C-](C)C)ccc1C=O.COc1ccc([C-](C)C)cc1OC.[I][V]([I])[I].[Y].[Y]. The van der Waals surface area contributed by atoms with E-state index in [1.807, 2.05) is 92.6 Å². The number of urea groups is 1. The molecular weight excluding hydrogens is 1170 g/mol. The number of benzene rings is 2. The van der Waals surface area contributed by atoms with Crippen LogP contribution in [0, 0.1) is 11.8 Å². The van der Waals surface area contributed by atoms with E-state index in [0.717, 1.165) is 23.3 Å². The van der Waals surface area contributed by atoms with Gasteiger partial charge in [-0.1, -0.05) is 89.2 Å². The summed E-state index contributed by atoms with van der Waals surface area (Å²) in [5.74, 6) is 4.65. The summed E-state index contributed by atoms with van der Waals surface area (Å²) < 4.78 is 15.4. The third kappa shape index (κ3) is 32.8. The van der Waals surface area contributed by atoms with E-state index in [4.69, 9.17) is 25.7 Å². The van der Waals surface area contributed by atoms with Gasteiger partial charge in [0, 0.05) is 71.0 Å². The fourth-order valence-electron chi connectivity index (χ4n) is 2.92. The quantitative estimate of drug-likeness (QED) is 0.161. The van der Waals surface area contributed by atoms with Gasteiger partial charge in [0.05, 0.1) is 27.1 Å². The average Bonchev–Trinajstić information content (AvgIpc) is 3.36. The zero-order valence-electron chi connectivity index (χ0n) is 32.7. The standard InChI is InChI=1S/C11H15O2.C11H13O2.C5H10N2O.C4H11N2.2C2H6.3HI.V.2Y/c1-8(2)9-5-6-10(12-3)11(7-9)13-4;1-8(2)9-4-5-10(7-12)11(6-9)13-3;1-3-4(2)7-5(8)6-3;1-3(5)4(2)6;2*1-2;;;;;;/h5-7H,1-4H3;4-7H,1-3H3;3-4H,1-2H3,(H2,6,7,8);3-5H,6H2,1-2H3;2*1-2H3;3*1H;;;/q2*-1;;-1;;;;;;+3;;/p-4. The zero-order valence-corrected chi connectivity index (χ0v) is 46.2. The van der Waals surface area contributed by atoms with Crippen molar-refractivity contribution < 1.29 is 94.1 Å². The van der Waals surface area contributed by atoms with E-state index >= 15 is 0 Å². The summed E-state index contributed by atoms with van der Waals surface area (Å²) in [6.07, 6.45) is 0.799. The van der Waals surface area contributed by atoms with Gasteiger partial charge in [0.25, 0.3) is 0 Å². The van der Waals surface area contributed by atoms with Gasteiger partial charge in [-0.05, 0) is 18.1 Å². The van der Waals surface area contributed by atoms with Crippen molar-refractivity contribution >= 4 is 72.3 Å². The zero-order chi connectivity index (χ0) is 38.6. The number of hydrogen-bond donors (Lipinski definition) is 2. The maximum absolute atomic E-state index is 10.6. The molecule has 286 valence electrons. The number of nitrogens with one attached hydrogen (secondary N) is 2. The number of hydrogen-bond acceptors (Lipinski definition) is 6. The van der Waals surface area contributed by atoms with Gasteiger partial charge < -0.3 is 36.3 Å². The number of ether oxygens (including phenoxy) is 3. The second kappa shape index (κ2) is 40.1. The van der Waals surface area contributed by atoms with Crippen molar-refractivity contribution in [3.63, 3.8) is 0 Å². The van der Waals surface area contributed by atoms with Crippen molar-refractivity contribution in [1.29, 1.82) is 0 Å². The second-order valence-electron chi connectivity index (χ2n) is 10.1. The molecule has 0 aromatic heterocycles. The Hall–Kier alpha value is 1.42. The van der Waals surface area contributed by atoms with Gasteiger partial charge in [-0.15, -0.1) is 24.2 Å². The summed E-state index contributed by atoms with van der Waals surface area (Å²) in [7, 11) is 4.85. The number of amides is 2. The first-order valence-electron chi connectivity index (χ1n) is 15.7. The second-order valence-corrected chi connectivity index (χ2v) is 45.5. The Morgan fingerprint density at radius 3 is 1.44 bits per heavy atom. The molecule has 50 heavy (non-hydrogen) atoms. The number of carbonyl (C=O) groups is 2. The molecule has 4 N–H and O–H groups in total. The summed E-state index contributed by atoms with van der Waals surface area (Å²) >= 11 is 7.39. The number of methoxy groups -OCH3 is 3.